The van der Waals surface area contributed by atoms with Crippen LogP contribution in [0.2, 0.25) is 0 Å². The Morgan fingerprint density at radius 3 is 2.83 bits per heavy atom. The van der Waals surface area contributed by atoms with Crippen LogP contribution in [0.4, 0.5) is 0 Å². The largest absolute Gasteiger partial charge is 0.349 e. The summed E-state index contributed by atoms with van der Waals surface area (Å²) in [6.45, 7) is 3.57. The maximum Gasteiger partial charge on any atom is 0.238 e. The van der Waals surface area contributed by atoms with E-state index in [1.54, 1.807) is 13.1 Å². The van der Waals surface area contributed by atoms with E-state index in [2.05, 4.69) is 20.0 Å². The van der Waals surface area contributed by atoms with Crippen LogP contribution in [0.3, 0.4) is 0 Å². The monoisotopic (exact) mass is 274 g/mol. The number of nitrogens with one attached hydrogen (secondary N) is 3. The molecular weight excluding hydrogens is 256 g/mol. The molecule has 8 heteroatoms. The highest BCUT2D eigenvalue weighted by molar-refractivity contribution is 7.89. The SMILES string of the molecule is CCCS(=O)(=O)NC(C)C(=O)NCc1cnc[nH]1. The van der Waals surface area contributed by atoms with Crippen LogP contribution in [0, 0.1) is 0 Å². The van der Waals surface area contributed by atoms with Gasteiger partial charge in [0.05, 0.1) is 30.4 Å². The Hall–Kier alpha value is -1.41. The molecule has 0 bridgehead atoms. The number of amides is 1. The fourth-order valence-electron chi connectivity index (χ4n) is 1.37. The van der Waals surface area contributed by atoms with Gasteiger partial charge in [0, 0.05) is 6.20 Å². The van der Waals surface area contributed by atoms with E-state index in [9.17, 15) is 13.2 Å². The van der Waals surface area contributed by atoms with E-state index in [0.29, 0.717) is 13.0 Å². The molecule has 1 unspecified atom stereocenters. The van der Waals surface area contributed by atoms with Crippen molar-refractivity contribution >= 4 is 15.9 Å². The Kier molecular flexibility index (Phi) is 5.29. The number of aromatic amines is 1. The van der Waals surface area contributed by atoms with Gasteiger partial charge < -0.3 is 10.3 Å². The summed E-state index contributed by atoms with van der Waals surface area (Å²) >= 11 is 0. The summed E-state index contributed by atoms with van der Waals surface area (Å²) < 4.78 is 25.3. The second-order valence-corrected chi connectivity index (χ2v) is 5.83. The third-order valence-corrected chi connectivity index (χ3v) is 3.89. The Morgan fingerprint density at radius 2 is 2.28 bits per heavy atom. The van der Waals surface area contributed by atoms with Crippen LogP contribution in [0.5, 0.6) is 0 Å². The first-order chi connectivity index (χ1) is 8.44. The van der Waals surface area contributed by atoms with Crippen molar-refractivity contribution in [2.75, 3.05) is 5.75 Å². The minimum atomic E-state index is -3.38. The zero-order chi connectivity index (χ0) is 13.6. The van der Waals surface area contributed by atoms with Crippen molar-refractivity contribution in [3.05, 3.63) is 18.2 Å². The molecule has 0 fully saturated rings. The van der Waals surface area contributed by atoms with Crippen molar-refractivity contribution in [1.82, 2.24) is 20.0 Å². The first kappa shape index (κ1) is 14.7. The fraction of sp³-hybridized carbons (Fsp3) is 0.600. The average Bonchev–Trinajstić information content (AvgIpc) is 2.77. The number of carbonyl (C=O) groups is 1. The summed E-state index contributed by atoms with van der Waals surface area (Å²) in [5.41, 5.74) is 0.756. The van der Waals surface area contributed by atoms with Crippen LogP contribution in [-0.2, 0) is 21.4 Å². The van der Waals surface area contributed by atoms with Gasteiger partial charge in [0.15, 0.2) is 0 Å². The van der Waals surface area contributed by atoms with Crippen molar-refractivity contribution in [3.63, 3.8) is 0 Å². The lowest BCUT2D eigenvalue weighted by Gasteiger charge is -2.13. The molecule has 7 nitrogen and oxygen atoms in total. The van der Waals surface area contributed by atoms with Crippen molar-refractivity contribution in [2.24, 2.45) is 0 Å². The number of rotatable bonds is 7. The van der Waals surface area contributed by atoms with Gasteiger partial charge in [0.25, 0.3) is 0 Å². The molecule has 0 saturated heterocycles. The lowest BCUT2D eigenvalue weighted by molar-refractivity contribution is -0.122. The summed E-state index contributed by atoms with van der Waals surface area (Å²) in [6.07, 6.45) is 3.61. The Labute approximate surface area is 106 Å². The first-order valence-corrected chi connectivity index (χ1v) is 7.35. The highest BCUT2D eigenvalue weighted by Gasteiger charge is 2.19. The number of imidazole rings is 1. The molecule has 102 valence electrons. The van der Waals surface area contributed by atoms with Crippen LogP contribution >= 0.6 is 0 Å². The second-order valence-electron chi connectivity index (χ2n) is 3.95. The Balaban J connectivity index is 2.42. The molecule has 3 N–H and O–H groups in total. The number of carbonyl (C=O) groups excluding carboxylic acids is 1. The highest BCUT2D eigenvalue weighted by Crippen LogP contribution is 1.94. The summed E-state index contributed by atoms with van der Waals surface area (Å²) in [7, 11) is -3.38. The van der Waals surface area contributed by atoms with E-state index in [1.807, 2.05) is 0 Å². The van der Waals surface area contributed by atoms with E-state index < -0.39 is 16.1 Å². The van der Waals surface area contributed by atoms with E-state index >= 15 is 0 Å². The van der Waals surface area contributed by atoms with Gasteiger partial charge in [-0.25, -0.2) is 18.1 Å². The lowest BCUT2D eigenvalue weighted by Crippen LogP contribution is -2.45. The third kappa shape index (κ3) is 4.84. The maximum atomic E-state index is 11.6. The molecule has 18 heavy (non-hydrogen) atoms. The summed E-state index contributed by atoms with van der Waals surface area (Å²) in [5.74, 6) is -0.352. The highest BCUT2D eigenvalue weighted by atomic mass is 32.2. The van der Waals surface area contributed by atoms with Gasteiger partial charge in [-0.15, -0.1) is 0 Å². The van der Waals surface area contributed by atoms with Gasteiger partial charge >= 0.3 is 0 Å². The van der Waals surface area contributed by atoms with E-state index in [1.165, 1.54) is 13.3 Å². The molecule has 0 saturated carbocycles. The molecule has 0 spiro atoms. The standard InChI is InChI=1S/C10H18N4O3S/c1-3-4-18(16,17)14-8(2)10(15)12-6-9-5-11-7-13-9/h5,7-8,14H,3-4,6H2,1-2H3,(H,11,13)(H,12,15). The van der Waals surface area contributed by atoms with Crippen molar-refractivity contribution in [3.8, 4) is 0 Å². The predicted octanol–water partition coefficient (Wildman–Crippen LogP) is -0.256. The van der Waals surface area contributed by atoms with E-state index in [0.717, 1.165) is 5.69 Å². The molecule has 0 radical (unpaired) electrons. The quantitative estimate of drug-likeness (QED) is 0.637. The second kappa shape index (κ2) is 6.50. The molecule has 1 aromatic heterocycles. The van der Waals surface area contributed by atoms with Crippen LogP contribution in [0.1, 0.15) is 26.0 Å². The van der Waals surface area contributed by atoms with Crippen LogP contribution in [-0.4, -0.2) is 36.1 Å². The molecule has 0 aliphatic carbocycles. The Bertz CT molecular complexity index is 469. The normalized spacial score (nSPS) is 13.2. The van der Waals surface area contributed by atoms with Crippen molar-refractivity contribution in [2.45, 2.75) is 32.9 Å². The maximum absolute atomic E-state index is 11.6. The minimum Gasteiger partial charge on any atom is -0.349 e. The smallest absolute Gasteiger partial charge is 0.238 e. The third-order valence-electron chi connectivity index (χ3n) is 2.23. The molecule has 1 atom stereocenters. The average molecular weight is 274 g/mol. The van der Waals surface area contributed by atoms with Crippen LogP contribution in [0.15, 0.2) is 12.5 Å². The number of H-pyrrole nitrogens is 1. The molecule has 0 aliphatic heterocycles. The van der Waals surface area contributed by atoms with Crippen molar-refractivity contribution in [1.29, 1.82) is 0 Å². The number of sulfonamides is 1. The van der Waals surface area contributed by atoms with Gasteiger partial charge in [0.1, 0.15) is 0 Å². The predicted molar refractivity (Wildman–Crippen MR) is 67.1 cm³/mol. The molecular formula is C10H18N4O3S. The van der Waals surface area contributed by atoms with Crippen LogP contribution < -0.4 is 10.0 Å². The van der Waals surface area contributed by atoms with Gasteiger partial charge in [0.2, 0.25) is 15.9 Å². The van der Waals surface area contributed by atoms with E-state index in [4.69, 9.17) is 0 Å². The van der Waals surface area contributed by atoms with Gasteiger partial charge in [-0.1, -0.05) is 6.92 Å². The molecule has 1 amide bonds. The first-order valence-electron chi connectivity index (χ1n) is 5.69. The zero-order valence-electron chi connectivity index (χ0n) is 10.4. The van der Waals surface area contributed by atoms with Crippen molar-refractivity contribution < 1.29 is 13.2 Å². The number of aromatic nitrogens is 2. The molecule has 1 aromatic rings. The summed E-state index contributed by atoms with van der Waals surface area (Å²) in [4.78, 5) is 18.3. The molecule has 0 aromatic carbocycles. The Morgan fingerprint density at radius 1 is 1.56 bits per heavy atom. The number of nitrogens with zero attached hydrogens (tertiary/aromatic N) is 1. The van der Waals surface area contributed by atoms with Gasteiger partial charge in [-0.05, 0) is 13.3 Å². The summed E-state index contributed by atoms with van der Waals surface area (Å²) in [6, 6.07) is -0.788. The van der Waals surface area contributed by atoms with Gasteiger partial charge in [-0.2, -0.15) is 0 Å². The van der Waals surface area contributed by atoms with Gasteiger partial charge in [-0.3, -0.25) is 4.79 Å². The van der Waals surface area contributed by atoms with E-state index in [-0.39, 0.29) is 11.7 Å². The minimum absolute atomic E-state index is 0.0190. The molecule has 1 heterocycles. The number of hydrogen-bond acceptors (Lipinski definition) is 4. The summed E-state index contributed by atoms with van der Waals surface area (Å²) in [5, 5.41) is 2.61. The van der Waals surface area contributed by atoms with Crippen LogP contribution in [0.25, 0.3) is 0 Å². The topological polar surface area (TPSA) is 104 Å². The molecule has 1 rings (SSSR count). The number of hydrogen-bond donors (Lipinski definition) is 3. The molecule has 0 aliphatic rings. The fourth-order valence-corrected chi connectivity index (χ4v) is 2.67. The lowest BCUT2D eigenvalue weighted by atomic mass is 10.3. The zero-order valence-corrected chi connectivity index (χ0v) is 11.3.